The largest absolute Gasteiger partial charge is 0.494 e. The van der Waals surface area contributed by atoms with Crippen molar-refractivity contribution >= 4 is 17.3 Å². The zero-order valence-corrected chi connectivity index (χ0v) is 10.9. The van der Waals surface area contributed by atoms with Crippen molar-refractivity contribution in [3.05, 3.63) is 40.2 Å². The summed E-state index contributed by atoms with van der Waals surface area (Å²) in [6.07, 6.45) is 2.25. The number of non-ortho nitro benzene ring substituents is 1. The highest BCUT2D eigenvalue weighted by molar-refractivity contribution is 6.17. The highest BCUT2D eigenvalue weighted by Crippen LogP contribution is 2.26. The Morgan fingerprint density at radius 1 is 1.53 bits per heavy atom. The fraction of sp³-hybridized carbons (Fsp3) is 0.273. The maximum Gasteiger partial charge on any atom is 0.271 e. The van der Waals surface area contributed by atoms with E-state index in [0.29, 0.717) is 29.4 Å². The Labute approximate surface area is 113 Å². The van der Waals surface area contributed by atoms with Crippen LogP contribution in [0.3, 0.4) is 0 Å². The number of hydrogen-bond donors (Lipinski definition) is 0. The van der Waals surface area contributed by atoms with Gasteiger partial charge in [-0.25, -0.2) is 4.68 Å². The maximum absolute atomic E-state index is 10.8. The molecule has 2 rings (SSSR count). The maximum atomic E-state index is 10.8. The highest BCUT2D eigenvalue weighted by atomic mass is 35.5. The Morgan fingerprint density at radius 3 is 2.95 bits per heavy atom. The van der Waals surface area contributed by atoms with Gasteiger partial charge in [0.15, 0.2) is 0 Å². The first-order valence-corrected chi connectivity index (χ1v) is 5.99. The molecule has 0 N–H and O–H groups in total. The molecule has 0 saturated heterocycles. The van der Waals surface area contributed by atoms with Gasteiger partial charge in [0.2, 0.25) is 0 Å². The van der Waals surface area contributed by atoms with Gasteiger partial charge in [0.05, 0.1) is 23.9 Å². The molecule has 0 aliphatic rings. The molecular formula is C11H11ClN4O3. The summed E-state index contributed by atoms with van der Waals surface area (Å²) in [5, 5.41) is 18.6. The number of aryl methyl sites for hydroxylation is 1. The van der Waals surface area contributed by atoms with Crippen molar-refractivity contribution in [2.24, 2.45) is 0 Å². The van der Waals surface area contributed by atoms with Gasteiger partial charge >= 0.3 is 0 Å². The van der Waals surface area contributed by atoms with Crippen LogP contribution in [0.2, 0.25) is 0 Å². The zero-order chi connectivity index (χ0) is 13.8. The standard InChI is InChI=1S/C11H11ClN4O3/c1-19-11-3-2-9(16(17)18)6-10(11)15-7-8(4-5-12)13-14-15/h2-3,6-7H,4-5H2,1H3. The van der Waals surface area contributed by atoms with Crippen LogP contribution >= 0.6 is 11.6 Å². The number of alkyl halides is 1. The second-order valence-corrected chi connectivity index (χ2v) is 4.08. The Balaban J connectivity index is 2.45. The van der Waals surface area contributed by atoms with Crippen molar-refractivity contribution in [2.45, 2.75) is 6.42 Å². The molecule has 0 bridgehead atoms. The van der Waals surface area contributed by atoms with Gasteiger partial charge in [-0.1, -0.05) is 5.21 Å². The normalized spacial score (nSPS) is 10.4. The summed E-state index contributed by atoms with van der Waals surface area (Å²) in [5.41, 5.74) is 1.14. The van der Waals surface area contributed by atoms with Crippen LogP contribution in [-0.4, -0.2) is 32.9 Å². The molecule has 0 atom stereocenters. The molecule has 2 aromatic rings. The first-order valence-electron chi connectivity index (χ1n) is 5.45. The Bertz CT molecular complexity index is 599. The molecule has 7 nitrogen and oxygen atoms in total. The summed E-state index contributed by atoms with van der Waals surface area (Å²) < 4.78 is 6.60. The minimum Gasteiger partial charge on any atom is -0.494 e. The second-order valence-electron chi connectivity index (χ2n) is 3.71. The van der Waals surface area contributed by atoms with Crippen LogP contribution in [0.5, 0.6) is 5.75 Å². The number of nitro groups is 1. The number of halogens is 1. The number of nitro benzene ring substituents is 1. The topological polar surface area (TPSA) is 83.1 Å². The summed E-state index contributed by atoms with van der Waals surface area (Å²) in [4.78, 5) is 10.3. The number of nitrogens with zero attached hydrogens (tertiary/aromatic N) is 4. The zero-order valence-electron chi connectivity index (χ0n) is 10.1. The fourth-order valence-corrected chi connectivity index (χ4v) is 1.79. The van der Waals surface area contributed by atoms with Gasteiger partial charge in [-0.05, 0) is 6.07 Å². The van der Waals surface area contributed by atoms with E-state index >= 15 is 0 Å². The smallest absolute Gasteiger partial charge is 0.271 e. The van der Waals surface area contributed by atoms with Crippen LogP contribution in [0.15, 0.2) is 24.4 Å². The van der Waals surface area contributed by atoms with E-state index in [9.17, 15) is 10.1 Å². The number of benzene rings is 1. The predicted molar refractivity (Wildman–Crippen MR) is 69.0 cm³/mol. The molecule has 0 aliphatic heterocycles. The van der Waals surface area contributed by atoms with Crippen LogP contribution in [0, 0.1) is 10.1 Å². The van der Waals surface area contributed by atoms with E-state index in [1.807, 2.05) is 0 Å². The predicted octanol–water partition coefficient (Wildman–Crippen LogP) is 1.97. The van der Waals surface area contributed by atoms with Gasteiger partial charge in [0.1, 0.15) is 11.4 Å². The lowest BCUT2D eigenvalue weighted by Crippen LogP contribution is -2.00. The summed E-state index contributed by atoms with van der Waals surface area (Å²) in [7, 11) is 1.49. The minimum atomic E-state index is -0.473. The van der Waals surface area contributed by atoms with E-state index in [2.05, 4.69) is 10.3 Å². The molecular weight excluding hydrogens is 272 g/mol. The molecule has 1 heterocycles. The summed E-state index contributed by atoms with van der Waals surface area (Å²) in [6.45, 7) is 0. The molecule has 0 saturated carbocycles. The molecule has 0 unspecified atom stereocenters. The quantitative estimate of drug-likeness (QED) is 0.475. The molecule has 19 heavy (non-hydrogen) atoms. The van der Waals surface area contributed by atoms with Crippen LogP contribution in [-0.2, 0) is 6.42 Å². The van der Waals surface area contributed by atoms with Crippen molar-refractivity contribution in [1.29, 1.82) is 0 Å². The van der Waals surface area contributed by atoms with Crippen molar-refractivity contribution in [2.75, 3.05) is 13.0 Å². The van der Waals surface area contributed by atoms with Crippen molar-refractivity contribution < 1.29 is 9.66 Å². The van der Waals surface area contributed by atoms with E-state index in [1.165, 1.54) is 30.0 Å². The van der Waals surface area contributed by atoms with Crippen molar-refractivity contribution in [3.8, 4) is 11.4 Å². The van der Waals surface area contributed by atoms with E-state index in [4.69, 9.17) is 16.3 Å². The van der Waals surface area contributed by atoms with Gasteiger partial charge in [-0.15, -0.1) is 16.7 Å². The number of methoxy groups -OCH3 is 1. The molecule has 0 radical (unpaired) electrons. The third-order valence-electron chi connectivity index (χ3n) is 2.51. The molecule has 0 fully saturated rings. The molecule has 100 valence electrons. The lowest BCUT2D eigenvalue weighted by molar-refractivity contribution is -0.384. The third-order valence-corrected chi connectivity index (χ3v) is 2.70. The number of aromatic nitrogens is 3. The van der Waals surface area contributed by atoms with Gasteiger partial charge in [-0.3, -0.25) is 10.1 Å². The van der Waals surface area contributed by atoms with E-state index < -0.39 is 4.92 Å². The number of ether oxygens (including phenoxy) is 1. The van der Waals surface area contributed by atoms with Gasteiger partial charge < -0.3 is 4.74 Å². The Morgan fingerprint density at radius 2 is 2.32 bits per heavy atom. The average Bonchev–Trinajstić information content (AvgIpc) is 2.87. The number of hydrogen-bond acceptors (Lipinski definition) is 5. The monoisotopic (exact) mass is 282 g/mol. The average molecular weight is 283 g/mol. The lowest BCUT2D eigenvalue weighted by atomic mass is 10.2. The van der Waals surface area contributed by atoms with Crippen LogP contribution in [0.25, 0.3) is 5.69 Å². The summed E-state index contributed by atoms with van der Waals surface area (Å²) >= 11 is 5.63. The van der Waals surface area contributed by atoms with Crippen LogP contribution < -0.4 is 4.74 Å². The molecule has 1 aromatic carbocycles. The second kappa shape index (κ2) is 5.66. The van der Waals surface area contributed by atoms with Gasteiger partial charge in [0.25, 0.3) is 5.69 Å². The van der Waals surface area contributed by atoms with Crippen molar-refractivity contribution in [1.82, 2.24) is 15.0 Å². The van der Waals surface area contributed by atoms with Crippen molar-refractivity contribution in [3.63, 3.8) is 0 Å². The lowest BCUT2D eigenvalue weighted by Gasteiger charge is -2.06. The molecule has 1 aromatic heterocycles. The molecule has 8 heteroatoms. The molecule has 0 amide bonds. The van der Waals surface area contributed by atoms with E-state index in [1.54, 1.807) is 6.20 Å². The molecule has 0 aliphatic carbocycles. The number of rotatable bonds is 5. The SMILES string of the molecule is COc1ccc([N+](=O)[O-])cc1-n1cc(CCCl)nn1. The van der Waals surface area contributed by atoms with Crippen LogP contribution in [0.4, 0.5) is 5.69 Å². The first-order chi connectivity index (χ1) is 9.15. The minimum absolute atomic E-state index is 0.0369. The fourth-order valence-electron chi connectivity index (χ4n) is 1.60. The Hall–Kier alpha value is -2.15. The van der Waals surface area contributed by atoms with Gasteiger partial charge in [-0.2, -0.15) is 0 Å². The Kier molecular flexibility index (Phi) is 3.96. The third kappa shape index (κ3) is 2.82. The summed E-state index contributed by atoms with van der Waals surface area (Å²) in [5.74, 6) is 0.915. The highest BCUT2D eigenvalue weighted by Gasteiger charge is 2.14. The van der Waals surface area contributed by atoms with Gasteiger partial charge in [0, 0.05) is 24.4 Å². The van der Waals surface area contributed by atoms with E-state index in [0.717, 1.165) is 0 Å². The molecule has 0 spiro atoms. The summed E-state index contributed by atoms with van der Waals surface area (Å²) in [6, 6.07) is 4.29. The first kappa shape index (κ1) is 13.3. The van der Waals surface area contributed by atoms with E-state index in [-0.39, 0.29) is 5.69 Å². The van der Waals surface area contributed by atoms with Crippen LogP contribution in [0.1, 0.15) is 5.69 Å².